The number of aromatic nitrogens is 2. The number of nitrogens with two attached hydrogens (primary N) is 1. The smallest absolute Gasteiger partial charge is 0.222 e. The standard InChI is InChI=1S/C23H28N6O/c1-28-12-14-29(15-13-28)19-9-7-18(8-10-19)21-17-22(27-23(24)26-21)25-11-16-30-20-5-3-2-4-6-20/h2-10,17H,11-16H2,1H3,(H3,24,25,26,27). The minimum atomic E-state index is 0.252. The molecule has 7 heteroatoms. The molecule has 7 nitrogen and oxygen atoms in total. The summed E-state index contributed by atoms with van der Waals surface area (Å²) in [6.07, 6.45) is 0. The molecule has 2 aromatic carbocycles. The second kappa shape index (κ2) is 9.45. The number of para-hydroxylation sites is 1. The van der Waals surface area contributed by atoms with Crippen molar-refractivity contribution >= 4 is 17.5 Å². The van der Waals surface area contributed by atoms with Gasteiger partial charge in [-0.1, -0.05) is 30.3 Å². The lowest BCUT2D eigenvalue weighted by atomic mass is 10.1. The zero-order valence-electron chi connectivity index (χ0n) is 17.3. The van der Waals surface area contributed by atoms with E-state index in [1.807, 2.05) is 36.4 Å². The largest absolute Gasteiger partial charge is 0.492 e. The Kier molecular flexibility index (Phi) is 6.29. The molecular formula is C23H28N6O. The van der Waals surface area contributed by atoms with Crippen LogP contribution in [0.15, 0.2) is 60.7 Å². The fourth-order valence-electron chi connectivity index (χ4n) is 3.48. The van der Waals surface area contributed by atoms with Crippen molar-refractivity contribution in [1.29, 1.82) is 0 Å². The maximum Gasteiger partial charge on any atom is 0.222 e. The number of hydrogen-bond donors (Lipinski definition) is 2. The predicted octanol–water partition coefficient (Wildman–Crippen LogP) is 2.97. The average molecular weight is 405 g/mol. The molecule has 1 saturated heterocycles. The first kappa shape index (κ1) is 20.0. The van der Waals surface area contributed by atoms with Crippen LogP contribution in [0.3, 0.4) is 0 Å². The van der Waals surface area contributed by atoms with Crippen LogP contribution in [0.4, 0.5) is 17.5 Å². The molecular weight excluding hydrogens is 376 g/mol. The normalized spacial score (nSPS) is 14.5. The number of piperazine rings is 1. The Morgan fingerprint density at radius 3 is 2.43 bits per heavy atom. The first-order valence-corrected chi connectivity index (χ1v) is 10.3. The van der Waals surface area contributed by atoms with Crippen LogP contribution in [-0.2, 0) is 0 Å². The first-order chi connectivity index (χ1) is 14.7. The summed E-state index contributed by atoms with van der Waals surface area (Å²) in [4.78, 5) is 13.5. The molecule has 0 aliphatic carbocycles. The number of ether oxygens (including phenoxy) is 1. The third-order valence-electron chi connectivity index (χ3n) is 5.20. The maximum atomic E-state index is 5.95. The van der Waals surface area contributed by atoms with Gasteiger partial charge in [0.15, 0.2) is 0 Å². The fourth-order valence-corrected chi connectivity index (χ4v) is 3.48. The second-order valence-electron chi connectivity index (χ2n) is 7.42. The van der Waals surface area contributed by atoms with E-state index >= 15 is 0 Å². The number of anilines is 3. The number of hydrogen-bond acceptors (Lipinski definition) is 7. The van der Waals surface area contributed by atoms with Crippen molar-refractivity contribution in [3.63, 3.8) is 0 Å². The molecule has 0 amide bonds. The van der Waals surface area contributed by atoms with Gasteiger partial charge >= 0.3 is 0 Å². The van der Waals surface area contributed by atoms with E-state index in [0.717, 1.165) is 43.2 Å². The molecule has 3 aromatic rings. The Balaban J connectivity index is 1.37. The Morgan fingerprint density at radius 2 is 1.70 bits per heavy atom. The van der Waals surface area contributed by atoms with Crippen molar-refractivity contribution in [1.82, 2.24) is 14.9 Å². The SMILES string of the molecule is CN1CCN(c2ccc(-c3cc(NCCOc4ccccc4)nc(N)n3)cc2)CC1. The molecule has 1 fully saturated rings. The fraction of sp³-hybridized carbons (Fsp3) is 0.304. The number of likely N-dealkylation sites (N-methyl/N-ethyl adjacent to an activating group) is 1. The van der Waals surface area contributed by atoms with Gasteiger partial charge in [0, 0.05) is 43.5 Å². The molecule has 1 aliphatic rings. The summed E-state index contributed by atoms with van der Waals surface area (Å²) < 4.78 is 5.71. The molecule has 30 heavy (non-hydrogen) atoms. The van der Waals surface area contributed by atoms with E-state index in [1.54, 1.807) is 0 Å². The van der Waals surface area contributed by atoms with E-state index in [0.29, 0.717) is 19.0 Å². The summed E-state index contributed by atoms with van der Waals surface area (Å²) in [6.45, 7) is 5.43. The average Bonchev–Trinajstić information content (AvgIpc) is 2.78. The van der Waals surface area contributed by atoms with Gasteiger partial charge in [0.25, 0.3) is 0 Å². The topological polar surface area (TPSA) is 79.5 Å². The zero-order valence-corrected chi connectivity index (χ0v) is 17.3. The van der Waals surface area contributed by atoms with Crippen molar-refractivity contribution < 1.29 is 4.74 Å². The highest BCUT2D eigenvalue weighted by Gasteiger charge is 2.14. The minimum Gasteiger partial charge on any atom is -0.492 e. The number of nitrogen functional groups attached to an aromatic ring is 1. The number of rotatable bonds is 7. The highest BCUT2D eigenvalue weighted by atomic mass is 16.5. The van der Waals surface area contributed by atoms with Crippen molar-refractivity contribution in [3.8, 4) is 17.0 Å². The molecule has 3 N–H and O–H groups in total. The van der Waals surface area contributed by atoms with Gasteiger partial charge in [-0.3, -0.25) is 0 Å². The lowest BCUT2D eigenvalue weighted by Crippen LogP contribution is -2.44. The number of benzene rings is 2. The summed E-state index contributed by atoms with van der Waals surface area (Å²) in [6, 6.07) is 20.2. The Bertz CT molecular complexity index is 940. The van der Waals surface area contributed by atoms with Crippen molar-refractivity contribution in [3.05, 3.63) is 60.7 Å². The Hall–Kier alpha value is -3.32. The molecule has 1 aromatic heterocycles. The van der Waals surface area contributed by atoms with Crippen molar-refractivity contribution in [2.45, 2.75) is 0 Å². The van der Waals surface area contributed by atoms with Crippen LogP contribution in [0.1, 0.15) is 0 Å². The zero-order chi connectivity index (χ0) is 20.8. The summed E-state index contributed by atoms with van der Waals surface area (Å²) in [7, 11) is 2.17. The Labute approximate surface area is 177 Å². The molecule has 0 spiro atoms. The monoisotopic (exact) mass is 404 g/mol. The molecule has 0 bridgehead atoms. The first-order valence-electron chi connectivity index (χ1n) is 10.3. The molecule has 4 rings (SSSR count). The molecule has 0 saturated carbocycles. The van der Waals surface area contributed by atoms with Gasteiger partial charge in [-0.25, -0.2) is 4.98 Å². The number of nitrogens with one attached hydrogen (secondary N) is 1. The number of nitrogens with zero attached hydrogens (tertiary/aromatic N) is 4. The highest BCUT2D eigenvalue weighted by molar-refractivity contribution is 5.66. The van der Waals surface area contributed by atoms with Crippen LogP contribution >= 0.6 is 0 Å². The molecule has 0 unspecified atom stereocenters. The summed E-state index contributed by atoms with van der Waals surface area (Å²) in [5.41, 5.74) is 9.01. The lowest BCUT2D eigenvalue weighted by Gasteiger charge is -2.34. The van der Waals surface area contributed by atoms with Gasteiger partial charge < -0.3 is 25.6 Å². The molecule has 156 valence electrons. The molecule has 1 aliphatic heterocycles. The quantitative estimate of drug-likeness (QED) is 0.586. The maximum absolute atomic E-state index is 5.95. The summed E-state index contributed by atoms with van der Waals surface area (Å²) in [5.74, 6) is 1.79. The molecule has 2 heterocycles. The second-order valence-corrected chi connectivity index (χ2v) is 7.42. The van der Waals surface area contributed by atoms with E-state index < -0.39 is 0 Å². The Morgan fingerprint density at radius 1 is 0.967 bits per heavy atom. The molecule has 0 radical (unpaired) electrons. The van der Waals surface area contributed by atoms with Crippen LogP contribution in [0.5, 0.6) is 5.75 Å². The predicted molar refractivity (Wildman–Crippen MR) is 122 cm³/mol. The van der Waals surface area contributed by atoms with E-state index in [-0.39, 0.29) is 5.95 Å². The third kappa shape index (κ3) is 5.18. The molecule has 0 atom stereocenters. The van der Waals surface area contributed by atoms with E-state index in [2.05, 4.69) is 56.4 Å². The summed E-state index contributed by atoms with van der Waals surface area (Å²) in [5, 5.41) is 3.26. The van der Waals surface area contributed by atoms with Crippen LogP contribution in [-0.4, -0.2) is 61.2 Å². The van der Waals surface area contributed by atoms with E-state index in [4.69, 9.17) is 10.5 Å². The van der Waals surface area contributed by atoms with Crippen molar-refractivity contribution in [2.24, 2.45) is 0 Å². The van der Waals surface area contributed by atoms with Gasteiger partial charge in [-0.15, -0.1) is 0 Å². The minimum absolute atomic E-state index is 0.252. The third-order valence-corrected chi connectivity index (χ3v) is 5.20. The van der Waals surface area contributed by atoms with Gasteiger partial charge in [-0.05, 0) is 31.3 Å². The van der Waals surface area contributed by atoms with Crippen LogP contribution in [0, 0.1) is 0 Å². The van der Waals surface area contributed by atoms with E-state index in [1.165, 1.54) is 5.69 Å². The van der Waals surface area contributed by atoms with Gasteiger partial charge in [0.05, 0.1) is 12.2 Å². The highest BCUT2D eigenvalue weighted by Crippen LogP contribution is 2.24. The van der Waals surface area contributed by atoms with Crippen molar-refractivity contribution in [2.75, 3.05) is 62.3 Å². The van der Waals surface area contributed by atoms with Crippen LogP contribution < -0.4 is 20.7 Å². The van der Waals surface area contributed by atoms with Crippen LogP contribution in [0.2, 0.25) is 0 Å². The van der Waals surface area contributed by atoms with Crippen LogP contribution in [0.25, 0.3) is 11.3 Å². The van der Waals surface area contributed by atoms with Gasteiger partial charge in [-0.2, -0.15) is 4.98 Å². The summed E-state index contributed by atoms with van der Waals surface area (Å²) >= 11 is 0. The van der Waals surface area contributed by atoms with Gasteiger partial charge in [0.2, 0.25) is 5.95 Å². The lowest BCUT2D eigenvalue weighted by molar-refractivity contribution is 0.313. The van der Waals surface area contributed by atoms with E-state index in [9.17, 15) is 0 Å². The van der Waals surface area contributed by atoms with Gasteiger partial charge in [0.1, 0.15) is 18.2 Å².